The minimum atomic E-state index is 0.365. The molecule has 3 heteroatoms. The fourth-order valence-electron chi connectivity index (χ4n) is 2.00. The summed E-state index contributed by atoms with van der Waals surface area (Å²) in [5.74, 6) is 1.71. The summed E-state index contributed by atoms with van der Waals surface area (Å²) in [6.07, 6.45) is 3.06. The van der Waals surface area contributed by atoms with Crippen molar-refractivity contribution in [2.45, 2.75) is 46.1 Å². The van der Waals surface area contributed by atoms with E-state index in [1.54, 1.807) is 0 Å². The lowest BCUT2D eigenvalue weighted by atomic mass is 10.0. The van der Waals surface area contributed by atoms with Gasteiger partial charge < -0.3 is 14.8 Å². The Morgan fingerprint density at radius 1 is 1.00 bits per heavy atom. The van der Waals surface area contributed by atoms with Gasteiger partial charge in [0.1, 0.15) is 0 Å². The van der Waals surface area contributed by atoms with E-state index in [0.717, 1.165) is 44.0 Å². The fourth-order valence-corrected chi connectivity index (χ4v) is 2.00. The highest BCUT2D eigenvalue weighted by atomic mass is 16.5. The molecule has 0 amide bonds. The average molecular weight is 265 g/mol. The van der Waals surface area contributed by atoms with E-state index < -0.39 is 0 Å². The third-order valence-corrected chi connectivity index (χ3v) is 3.05. The molecule has 0 saturated carbocycles. The summed E-state index contributed by atoms with van der Waals surface area (Å²) in [5.41, 5.74) is 1.25. The number of hydrogen-bond acceptors (Lipinski definition) is 3. The predicted octanol–water partition coefficient (Wildman–Crippen LogP) is 3.93. The number of rotatable bonds is 9. The summed E-state index contributed by atoms with van der Waals surface area (Å²) < 4.78 is 11.6. The molecule has 1 atom stereocenters. The van der Waals surface area contributed by atoms with Gasteiger partial charge in [0.25, 0.3) is 0 Å². The Hall–Kier alpha value is -1.22. The topological polar surface area (TPSA) is 30.5 Å². The largest absolute Gasteiger partial charge is 0.490 e. The highest BCUT2D eigenvalue weighted by Gasteiger charge is 2.11. The molecule has 1 N–H and O–H groups in total. The number of ether oxygens (including phenoxy) is 2. The summed E-state index contributed by atoms with van der Waals surface area (Å²) in [5, 5.41) is 3.32. The Kier molecular flexibility index (Phi) is 7.34. The quantitative estimate of drug-likeness (QED) is 0.733. The van der Waals surface area contributed by atoms with Crippen molar-refractivity contribution in [3.63, 3.8) is 0 Å². The van der Waals surface area contributed by atoms with Crippen molar-refractivity contribution in [2.75, 3.05) is 20.3 Å². The molecule has 0 bridgehead atoms. The van der Waals surface area contributed by atoms with Crippen molar-refractivity contribution in [1.29, 1.82) is 0 Å². The van der Waals surface area contributed by atoms with Gasteiger partial charge >= 0.3 is 0 Å². The third kappa shape index (κ3) is 4.75. The van der Waals surface area contributed by atoms with Gasteiger partial charge in [-0.2, -0.15) is 0 Å². The van der Waals surface area contributed by atoms with Crippen LogP contribution in [-0.2, 0) is 0 Å². The molecule has 1 aromatic rings. The van der Waals surface area contributed by atoms with E-state index >= 15 is 0 Å². The molecule has 0 aliphatic carbocycles. The molecular weight excluding hydrogens is 238 g/mol. The van der Waals surface area contributed by atoms with Gasteiger partial charge in [0.2, 0.25) is 0 Å². The number of benzene rings is 1. The molecule has 108 valence electrons. The molecule has 0 heterocycles. The Morgan fingerprint density at radius 2 is 1.63 bits per heavy atom. The highest BCUT2D eigenvalue weighted by Crippen LogP contribution is 2.31. The predicted molar refractivity (Wildman–Crippen MR) is 80.1 cm³/mol. The van der Waals surface area contributed by atoms with Crippen molar-refractivity contribution in [2.24, 2.45) is 0 Å². The molecule has 0 saturated heterocycles. The molecule has 0 radical (unpaired) electrons. The van der Waals surface area contributed by atoms with Crippen LogP contribution in [0.1, 0.15) is 51.6 Å². The summed E-state index contributed by atoms with van der Waals surface area (Å²) in [6, 6.07) is 6.61. The van der Waals surface area contributed by atoms with Gasteiger partial charge in [0.05, 0.1) is 13.2 Å². The van der Waals surface area contributed by atoms with Crippen LogP contribution < -0.4 is 14.8 Å². The Morgan fingerprint density at radius 3 is 2.16 bits per heavy atom. The van der Waals surface area contributed by atoms with Crippen molar-refractivity contribution in [1.82, 2.24) is 5.32 Å². The van der Waals surface area contributed by atoms with Crippen LogP contribution in [0.15, 0.2) is 18.2 Å². The van der Waals surface area contributed by atoms with Crippen LogP contribution >= 0.6 is 0 Å². The van der Waals surface area contributed by atoms with Gasteiger partial charge in [-0.05, 0) is 44.0 Å². The van der Waals surface area contributed by atoms with E-state index in [1.165, 1.54) is 5.56 Å². The Balaban J connectivity index is 2.92. The van der Waals surface area contributed by atoms with Crippen LogP contribution in [-0.4, -0.2) is 20.3 Å². The fraction of sp³-hybridized carbons (Fsp3) is 0.625. The molecule has 0 aliphatic heterocycles. The summed E-state index contributed by atoms with van der Waals surface area (Å²) in [4.78, 5) is 0. The average Bonchev–Trinajstić information content (AvgIpc) is 2.45. The molecule has 0 aromatic heterocycles. The third-order valence-electron chi connectivity index (χ3n) is 3.05. The molecule has 1 rings (SSSR count). The standard InChI is InChI=1S/C16H27NO2/c1-5-10-18-15-9-8-13(14(7-3)17-4)12-16(15)19-11-6-2/h8-9,12,14,17H,5-7,10-11H2,1-4H3. The molecular formula is C16H27NO2. The zero-order valence-corrected chi connectivity index (χ0v) is 12.7. The monoisotopic (exact) mass is 265 g/mol. The van der Waals surface area contributed by atoms with E-state index in [2.05, 4.69) is 38.2 Å². The van der Waals surface area contributed by atoms with Crippen LogP contribution in [0.25, 0.3) is 0 Å². The van der Waals surface area contributed by atoms with Gasteiger partial charge in [-0.15, -0.1) is 0 Å². The molecule has 1 aromatic carbocycles. The Labute approximate surface area is 117 Å². The maximum atomic E-state index is 5.81. The van der Waals surface area contributed by atoms with Gasteiger partial charge in [-0.1, -0.05) is 26.8 Å². The van der Waals surface area contributed by atoms with Crippen LogP contribution in [0.3, 0.4) is 0 Å². The van der Waals surface area contributed by atoms with E-state index in [0.29, 0.717) is 6.04 Å². The number of nitrogens with one attached hydrogen (secondary N) is 1. The molecule has 3 nitrogen and oxygen atoms in total. The Bertz CT molecular complexity index is 362. The summed E-state index contributed by atoms with van der Waals surface area (Å²) in [6.45, 7) is 7.84. The van der Waals surface area contributed by atoms with Gasteiger partial charge in [-0.3, -0.25) is 0 Å². The number of hydrogen-bond donors (Lipinski definition) is 1. The van der Waals surface area contributed by atoms with Crippen molar-refractivity contribution in [3.8, 4) is 11.5 Å². The van der Waals surface area contributed by atoms with Gasteiger partial charge in [0, 0.05) is 6.04 Å². The van der Waals surface area contributed by atoms with Crippen molar-refractivity contribution in [3.05, 3.63) is 23.8 Å². The zero-order chi connectivity index (χ0) is 14.1. The van der Waals surface area contributed by atoms with Crippen LogP contribution in [0.2, 0.25) is 0 Å². The second kappa shape index (κ2) is 8.81. The van der Waals surface area contributed by atoms with E-state index in [1.807, 2.05) is 13.1 Å². The first-order valence-corrected chi connectivity index (χ1v) is 7.33. The first-order chi connectivity index (χ1) is 9.26. The minimum absolute atomic E-state index is 0.365. The van der Waals surface area contributed by atoms with Crippen LogP contribution in [0.4, 0.5) is 0 Å². The summed E-state index contributed by atoms with van der Waals surface area (Å²) >= 11 is 0. The van der Waals surface area contributed by atoms with Crippen LogP contribution in [0, 0.1) is 0 Å². The maximum absolute atomic E-state index is 5.81. The van der Waals surface area contributed by atoms with E-state index in [-0.39, 0.29) is 0 Å². The zero-order valence-electron chi connectivity index (χ0n) is 12.7. The van der Waals surface area contributed by atoms with Crippen LogP contribution in [0.5, 0.6) is 11.5 Å². The second-order valence-electron chi connectivity index (χ2n) is 4.65. The maximum Gasteiger partial charge on any atom is 0.161 e. The second-order valence-corrected chi connectivity index (χ2v) is 4.65. The first-order valence-electron chi connectivity index (χ1n) is 7.33. The first kappa shape index (κ1) is 15.8. The van der Waals surface area contributed by atoms with E-state index in [4.69, 9.17) is 9.47 Å². The van der Waals surface area contributed by atoms with Crippen molar-refractivity contribution >= 4 is 0 Å². The van der Waals surface area contributed by atoms with Gasteiger partial charge in [-0.25, -0.2) is 0 Å². The molecule has 1 unspecified atom stereocenters. The molecule has 0 aliphatic rings. The normalized spacial score (nSPS) is 12.2. The van der Waals surface area contributed by atoms with E-state index in [9.17, 15) is 0 Å². The summed E-state index contributed by atoms with van der Waals surface area (Å²) in [7, 11) is 1.99. The molecule has 0 spiro atoms. The SMILES string of the molecule is CCCOc1ccc(C(CC)NC)cc1OCCC. The lowest BCUT2D eigenvalue weighted by molar-refractivity contribution is 0.268. The lowest BCUT2D eigenvalue weighted by Gasteiger charge is -2.18. The molecule has 19 heavy (non-hydrogen) atoms. The molecule has 0 fully saturated rings. The highest BCUT2D eigenvalue weighted by molar-refractivity contribution is 5.44. The lowest BCUT2D eigenvalue weighted by Crippen LogP contribution is -2.15. The minimum Gasteiger partial charge on any atom is -0.490 e. The van der Waals surface area contributed by atoms with Crippen molar-refractivity contribution < 1.29 is 9.47 Å². The van der Waals surface area contributed by atoms with Gasteiger partial charge in [0.15, 0.2) is 11.5 Å². The smallest absolute Gasteiger partial charge is 0.161 e.